The summed E-state index contributed by atoms with van der Waals surface area (Å²) in [7, 11) is 0. The predicted octanol–water partition coefficient (Wildman–Crippen LogP) is 2.94. The van der Waals surface area contributed by atoms with E-state index >= 15 is 0 Å². The van der Waals surface area contributed by atoms with Crippen LogP contribution in [0.1, 0.15) is 6.42 Å². The fourth-order valence-corrected chi connectivity index (χ4v) is 3.36. The Morgan fingerprint density at radius 3 is 3.00 bits per heavy atom. The molecule has 1 N–H and O–H groups in total. The maximum Gasteiger partial charge on any atom is 0.0685 e. The molecule has 1 fully saturated rings. The van der Waals surface area contributed by atoms with Gasteiger partial charge < -0.3 is 9.84 Å². The minimum atomic E-state index is -0.264. The van der Waals surface area contributed by atoms with Crippen molar-refractivity contribution in [2.75, 3.05) is 19.0 Å². The van der Waals surface area contributed by atoms with Crippen LogP contribution in [0.3, 0.4) is 0 Å². The molecular formula is C12H15BrO2S. The molecule has 0 bridgehead atoms. The minimum absolute atomic E-state index is 0.264. The van der Waals surface area contributed by atoms with Gasteiger partial charge in [-0.15, -0.1) is 11.8 Å². The molecule has 0 aliphatic carbocycles. The van der Waals surface area contributed by atoms with E-state index in [4.69, 9.17) is 4.74 Å². The standard InChI is InChI=1S/C12H15BrO2S/c13-10-3-1-2-4-12(10)16-8-11(14)9-5-6-15-7-9/h1-4,9,11,14H,5-8H2. The Morgan fingerprint density at radius 2 is 2.31 bits per heavy atom. The molecule has 2 nitrogen and oxygen atoms in total. The number of halogens is 1. The van der Waals surface area contributed by atoms with E-state index in [1.807, 2.05) is 18.2 Å². The molecule has 1 aromatic rings. The lowest BCUT2D eigenvalue weighted by Crippen LogP contribution is -2.22. The Hall–Kier alpha value is -0.0300. The summed E-state index contributed by atoms with van der Waals surface area (Å²) < 4.78 is 6.37. The van der Waals surface area contributed by atoms with Gasteiger partial charge in [0.25, 0.3) is 0 Å². The van der Waals surface area contributed by atoms with Gasteiger partial charge in [-0.3, -0.25) is 0 Å². The van der Waals surface area contributed by atoms with Crippen LogP contribution in [-0.4, -0.2) is 30.2 Å². The number of rotatable bonds is 4. The highest BCUT2D eigenvalue weighted by Gasteiger charge is 2.23. The Balaban J connectivity index is 1.84. The van der Waals surface area contributed by atoms with E-state index in [0.29, 0.717) is 12.5 Å². The molecule has 1 aliphatic heterocycles. The fraction of sp³-hybridized carbons (Fsp3) is 0.500. The Bertz CT molecular complexity index is 340. The molecule has 1 heterocycles. The molecule has 2 unspecified atom stereocenters. The molecule has 2 rings (SSSR count). The molecule has 4 heteroatoms. The summed E-state index contributed by atoms with van der Waals surface area (Å²) in [6, 6.07) is 8.09. The van der Waals surface area contributed by atoms with E-state index in [1.54, 1.807) is 11.8 Å². The first kappa shape index (κ1) is 12.4. The lowest BCUT2D eigenvalue weighted by atomic mass is 10.0. The van der Waals surface area contributed by atoms with Gasteiger partial charge in [-0.05, 0) is 34.5 Å². The second kappa shape index (κ2) is 6.05. The van der Waals surface area contributed by atoms with Gasteiger partial charge in [0.2, 0.25) is 0 Å². The van der Waals surface area contributed by atoms with Crippen molar-refractivity contribution in [2.24, 2.45) is 5.92 Å². The molecule has 0 saturated carbocycles. The van der Waals surface area contributed by atoms with E-state index in [2.05, 4.69) is 22.0 Å². The van der Waals surface area contributed by atoms with Crippen LogP contribution >= 0.6 is 27.7 Å². The molecule has 0 spiro atoms. The van der Waals surface area contributed by atoms with Crippen molar-refractivity contribution in [1.29, 1.82) is 0 Å². The molecule has 1 saturated heterocycles. The normalized spacial score (nSPS) is 22.2. The van der Waals surface area contributed by atoms with Gasteiger partial charge in [0, 0.05) is 27.6 Å². The van der Waals surface area contributed by atoms with Gasteiger partial charge in [0.1, 0.15) is 0 Å². The van der Waals surface area contributed by atoms with Gasteiger partial charge in [0.15, 0.2) is 0 Å². The number of hydrogen-bond donors (Lipinski definition) is 1. The first-order valence-corrected chi connectivity index (χ1v) is 7.18. The largest absolute Gasteiger partial charge is 0.392 e. The fourth-order valence-electron chi connectivity index (χ4n) is 1.73. The highest BCUT2D eigenvalue weighted by atomic mass is 79.9. The van der Waals surface area contributed by atoms with E-state index in [1.165, 1.54) is 4.90 Å². The summed E-state index contributed by atoms with van der Waals surface area (Å²) in [6.07, 6.45) is 0.720. The third kappa shape index (κ3) is 3.23. The number of thioether (sulfide) groups is 1. The first-order valence-electron chi connectivity index (χ1n) is 5.40. The van der Waals surface area contributed by atoms with Gasteiger partial charge in [-0.1, -0.05) is 12.1 Å². The monoisotopic (exact) mass is 302 g/mol. The van der Waals surface area contributed by atoms with Crippen LogP contribution in [0, 0.1) is 5.92 Å². The van der Waals surface area contributed by atoms with E-state index in [-0.39, 0.29) is 6.10 Å². The average molecular weight is 303 g/mol. The van der Waals surface area contributed by atoms with Crippen LogP contribution in [0.5, 0.6) is 0 Å². The van der Waals surface area contributed by atoms with Crippen molar-refractivity contribution in [3.05, 3.63) is 28.7 Å². The number of aliphatic hydroxyl groups is 1. The van der Waals surface area contributed by atoms with Gasteiger partial charge in [0.05, 0.1) is 12.7 Å². The molecule has 16 heavy (non-hydrogen) atoms. The van der Waals surface area contributed by atoms with Crippen molar-refractivity contribution in [2.45, 2.75) is 17.4 Å². The minimum Gasteiger partial charge on any atom is -0.392 e. The average Bonchev–Trinajstić information content (AvgIpc) is 2.81. The Morgan fingerprint density at radius 1 is 1.50 bits per heavy atom. The quantitative estimate of drug-likeness (QED) is 0.867. The van der Waals surface area contributed by atoms with E-state index < -0.39 is 0 Å². The highest BCUT2D eigenvalue weighted by molar-refractivity contribution is 9.10. The second-order valence-electron chi connectivity index (χ2n) is 3.93. The van der Waals surface area contributed by atoms with Crippen LogP contribution in [-0.2, 0) is 4.74 Å². The zero-order valence-electron chi connectivity index (χ0n) is 8.93. The molecule has 88 valence electrons. The molecular weight excluding hydrogens is 288 g/mol. The topological polar surface area (TPSA) is 29.5 Å². The third-order valence-corrected chi connectivity index (χ3v) is 4.88. The van der Waals surface area contributed by atoms with Crippen molar-refractivity contribution < 1.29 is 9.84 Å². The highest BCUT2D eigenvalue weighted by Crippen LogP contribution is 2.29. The zero-order chi connectivity index (χ0) is 11.4. The Kier molecular flexibility index (Phi) is 4.70. The predicted molar refractivity (Wildman–Crippen MR) is 69.8 cm³/mol. The van der Waals surface area contributed by atoms with Gasteiger partial charge >= 0.3 is 0 Å². The zero-order valence-corrected chi connectivity index (χ0v) is 11.3. The van der Waals surface area contributed by atoms with Crippen molar-refractivity contribution in [3.8, 4) is 0 Å². The van der Waals surface area contributed by atoms with Crippen molar-refractivity contribution in [1.82, 2.24) is 0 Å². The number of aliphatic hydroxyl groups excluding tert-OH is 1. The van der Waals surface area contributed by atoms with Gasteiger partial charge in [-0.2, -0.15) is 0 Å². The van der Waals surface area contributed by atoms with Crippen LogP contribution in [0.25, 0.3) is 0 Å². The molecule has 0 amide bonds. The van der Waals surface area contributed by atoms with Crippen molar-refractivity contribution in [3.63, 3.8) is 0 Å². The summed E-state index contributed by atoms with van der Waals surface area (Å²) in [5.74, 6) is 1.05. The SMILES string of the molecule is OC(CSc1ccccc1Br)C1CCOC1. The van der Waals surface area contributed by atoms with Crippen LogP contribution in [0.15, 0.2) is 33.6 Å². The van der Waals surface area contributed by atoms with Crippen LogP contribution < -0.4 is 0 Å². The molecule has 1 aromatic carbocycles. The third-order valence-electron chi connectivity index (χ3n) is 2.76. The second-order valence-corrected chi connectivity index (χ2v) is 5.85. The molecule has 1 aliphatic rings. The molecule has 0 radical (unpaired) electrons. The summed E-state index contributed by atoms with van der Waals surface area (Å²) in [5, 5.41) is 9.99. The van der Waals surface area contributed by atoms with E-state index in [0.717, 1.165) is 23.3 Å². The maximum atomic E-state index is 9.99. The Labute approximate surface area is 109 Å². The summed E-state index contributed by atoms with van der Waals surface area (Å²) in [4.78, 5) is 1.18. The maximum absolute atomic E-state index is 9.99. The number of benzene rings is 1. The van der Waals surface area contributed by atoms with Crippen molar-refractivity contribution >= 4 is 27.7 Å². The van der Waals surface area contributed by atoms with Crippen LogP contribution in [0.4, 0.5) is 0 Å². The molecule has 0 aromatic heterocycles. The van der Waals surface area contributed by atoms with Crippen LogP contribution in [0.2, 0.25) is 0 Å². The lowest BCUT2D eigenvalue weighted by molar-refractivity contribution is 0.109. The number of hydrogen-bond acceptors (Lipinski definition) is 3. The summed E-state index contributed by atoms with van der Waals surface area (Å²) >= 11 is 5.19. The molecule has 2 atom stereocenters. The van der Waals surface area contributed by atoms with E-state index in [9.17, 15) is 5.11 Å². The summed E-state index contributed by atoms with van der Waals surface area (Å²) in [6.45, 7) is 1.50. The smallest absolute Gasteiger partial charge is 0.0685 e. The number of ether oxygens (including phenoxy) is 1. The van der Waals surface area contributed by atoms with Gasteiger partial charge in [-0.25, -0.2) is 0 Å². The summed E-state index contributed by atoms with van der Waals surface area (Å²) in [5.41, 5.74) is 0. The lowest BCUT2D eigenvalue weighted by Gasteiger charge is -2.16. The first-order chi connectivity index (χ1) is 7.77.